The van der Waals surface area contributed by atoms with Crippen molar-refractivity contribution in [2.75, 3.05) is 0 Å². The van der Waals surface area contributed by atoms with E-state index in [1.54, 1.807) is 11.3 Å². The molecule has 0 aliphatic heterocycles. The number of hydrogen-bond acceptors (Lipinski definition) is 4. The van der Waals surface area contributed by atoms with E-state index < -0.39 is 0 Å². The summed E-state index contributed by atoms with van der Waals surface area (Å²) in [5, 5.41) is 4.85. The molecule has 1 saturated carbocycles. The maximum Gasteiger partial charge on any atom is 0.254 e. The number of nitrogens with zero attached hydrogens (tertiary/aromatic N) is 1. The van der Waals surface area contributed by atoms with Crippen LogP contribution in [-0.2, 0) is 19.4 Å². The van der Waals surface area contributed by atoms with E-state index >= 15 is 0 Å². The standard InChI is InChI=1S/C29H31ClN2O2S/c30-22-10-6-9-21(16-22)19-34-24-13-7-8-20(17-24)18-31-29-27(25-14-4-5-15-26(25)35-29)28(33)32-23-11-2-1-3-12-23/h6-10,13,16-18,23H,1-5,11-12,14-15,19H2,(H,32,33). The quantitative estimate of drug-likeness (QED) is 0.334. The molecule has 0 radical (unpaired) electrons. The highest BCUT2D eigenvalue weighted by molar-refractivity contribution is 7.16. The summed E-state index contributed by atoms with van der Waals surface area (Å²) >= 11 is 7.76. The average molecular weight is 507 g/mol. The molecule has 0 bridgehead atoms. The SMILES string of the molecule is O=C(NC1CCCCC1)c1c(N=Cc2cccc(OCc3cccc(Cl)c3)c2)sc2c1CCCC2. The largest absolute Gasteiger partial charge is 0.489 e. The number of nitrogens with one attached hydrogen (secondary N) is 1. The number of rotatable bonds is 7. The normalized spacial score (nSPS) is 16.3. The van der Waals surface area contributed by atoms with Crippen LogP contribution in [0, 0.1) is 0 Å². The monoisotopic (exact) mass is 506 g/mol. The fourth-order valence-electron chi connectivity index (χ4n) is 4.99. The second-order valence-corrected chi connectivity index (χ2v) is 11.0. The lowest BCUT2D eigenvalue weighted by atomic mass is 9.93. The van der Waals surface area contributed by atoms with Crippen LogP contribution in [0.25, 0.3) is 0 Å². The maximum atomic E-state index is 13.4. The Balaban J connectivity index is 1.33. The summed E-state index contributed by atoms with van der Waals surface area (Å²) in [6.45, 7) is 0.449. The number of amides is 1. The molecule has 1 heterocycles. The minimum atomic E-state index is 0.0575. The topological polar surface area (TPSA) is 50.7 Å². The Morgan fingerprint density at radius 3 is 2.74 bits per heavy atom. The highest BCUT2D eigenvalue weighted by atomic mass is 35.5. The van der Waals surface area contributed by atoms with Crippen molar-refractivity contribution >= 4 is 40.1 Å². The Morgan fingerprint density at radius 1 is 1.06 bits per heavy atom. The van der Waals surface area contributed by atoms with Crippen LogP contribution in [0.5, 0.6) is 5.75 Å². The van der Waals surface area contributed by atoms with Gasteiger partial charge < -0.3 is 10.1 Å². The molecule has 4 nitrogen and oxygen atoms in total. The number of halogens is 1. The van der Waals surface area contributed by atoms with Gasteiger partial charge in [0.1, 0.15) is 17.4 Å². The Morgan fingerprint density at radius 2 is 1.89 bits per heavy atom. The fourth-order valence-corrected chi connectivity index (χ4v) is 6.44. The van der Waals surface area contributed by atoms with Crippen LogP contribution < -0.4 is 10.1 Å². The van der Waals surface area contributed by atoms with E-state index in [0.717, 1.165) is 59.5 Å². The van der Waals surface area contributed by atoms with Crippen molar-refractivity contribution in [3.05, 3.63) is 80.7 Å². The van der Waals surface area contributed by atoms with E-state index in [1.807, 2.05) is 54.7 Å². The highest BCUT2D eigenvalue weighted by Crippen LogP contribution is 2.40. The van der Waals surface area contributed by atoms with Gasteiger partial charge >= 0.3 is 0 Å². The van der Waals surface area contributed by atoms with E-state index in [1.165, 1.54) is 36.1 Å². The molecule has 1 aromatic heterocycles. The highest BCUT2D eigenvalue weighted by Gasteiger charge is 2.27. The first-order valence-corrected chi connectivity index (χ1v) is 13.8. The molecule has 6 heteroatoms. The molecule has 182 valence electrons. The van der Waals surface area contributed by atoms with Gasteiger partial charge in [-0.05, 0) is 79.5 Å². The molecule has 3 aromatic rings. The molecule has 2 aliphatic carbocycles. The van der Waals surface area contributed by atoms with Gasteiger partial charge in [-0.15, -0.1) is 11.3 Å². The summed E-state index contributed by atoms with van der Waals surface area (Å²) in [5.41, 5.74) is 3.99. The van der Waals surface area contributed by atoms with Crippen LogP contribution in [0.2, 0.25) is 5.02 Å². The van der Waals surface area contributed by atoms with Crippen molar-refractivity contribution in [1.82, 2.24) is 5.32 Å². The summed E-state index contributed by atoms with van der Waals surface area (Å²) in [7, 11) is 0. The molecule has 0 spiro atoms. The van der Waals surface area contributed by atoms with Gasteiger partial charge in [0.2, 0.25) is 0 Å². The number of aliphatic imine (C=N–C) groups is 1. The Labute approximate surface area is 216 Å². The van der Waals surface area contributed by atoms with Gasteiger partial charge in [0.15, 0.2) is 0 Å². The minimum Gasteiger partial charge on any atom is -0.489 e. The van der Waals surface area contributed by atoms with Gasteiger partial charge in [-0.3, -0.25) is 4.79 Å². The third-order valence-electron chi connectivity index (χ3n) is 6.80. The number of thiophene rings is 1. The van der Waals surface area contributed by atoms with Crippen molar-refractivity contribution in [3.63, 3.8) is 0 Å². The zero-order chi connectivity index (χ0) is 24.0. The maximum absolute atomic E-state index is 13.4. The third-order valence-corrected chi connectivity index (χ3v) is 8.24. The van der Waals surface area contributed by atoms with E-state index in [2.05, 4.69) is 5.32 Å². The smallest absolute Gasteiger partial charge is 0.254 e. The molecule has 2 aromatic carbocycles. The van der Waals surface area contributed by atoms with E-state index in [0.29, 0.717) is 17.7 Å². The van der Waals surface area contributed by atoms with Crippen molar-refractivity contribution in [2.45, 2.75) is 70.4 Å². The number of benzene rings is 2. The van der Waals surface area contributed by atoms with Crippen molar-refractivity contribution in [3.8, 4) is 5.75 Å². The molecule has 1 fully saturated rings. The van der Waals surface area contributed by atoms with Crippen LogP contribution in [0.3, 0.4) is 0 Å². The van der Waals surface area contributed by atoms with Gasteiger partial charge in [0.25, 0.3) is 5.91 Å². The lowest BCUT2D eigenvalue weighted by molar-refractivity contribution is 0.0927. The zero-order valence-electron chi connectivity index (χ0n) is 19.9. The molecule has 0 unspecified atom stereocenters. The van der Waals surface area contributed by atoms with Crippen LogP contribution in [0.4, 0.5) is 5.00 Å². The predicted octanol–water partition coefficient (Wildman–Crippen LogP) is 7.67. The summed E-state index contributed by atoms with van der Waals surface area (Å²) in [6, 6.07) is 15.9. The Bertz CT molecular complexity index is 1210. The molecule has 2 aliphatic rings. The number of carbonyl (C=O) groups is 1. The van der Waals surface area contributed by atoms with Crippen molar-refractivity contribution < 1.29 is 9.53 Å². The minimum absolute atomic E-state index is 0.0575. The molecule has 1 amide bonds. The first-order valence-electron chi connectivity index (χ1n) is 12.6. The van der Waals surface area contributed by atoms with Gasteiger partial charge in [-0.2, -0.15) is 0 Å². The molecular weight excluding hydrogens is 476 g/mol. The number of hydrogen-bond donors (Lipinski definition) is 1. The molecule has 0 atom stereocenters. The number of aryl methyl sites for hydroxylation is 1. The molecule has 1 N–H and O–H groups in total. The molecule has 5 rings (SSSR count). The fraction of sp³-hybridized carbons (Fsp3) is 0.379. The summed E-state index contributed by atoms with van der Waals surface area (Å²) in [4.78, 5) is 19.5. The number of fused-ring (bicyclic) bond motifs is 1. The van der Waals surface area contributed by atoms with Crippen molar-refractivity contribution in [1.29, 1.82) is 0 Å². The second kappa shape index (κ2) is 11.4. The van der Waals surface area contributed by atoms with Gasteiger partial charge in [-0.1, -0.05) is 55.1 Å². The number of ether oxygens (including phenoxy) is 1. The van der Waals surface area contributed by atoms with E-state index in [4.69, 9.17) is 21.3 Å². The molecule has 0 saturated heterocycles. The second-order valence-electron chi connectivity index (χ2n) is 9.45. The van der Waals surface area contributed by atoms with Crippen LogP contribution in [-0.4, -0.2) is 18.2 Å². The van der Waals surface area contributed by atoms with Gasteiger partial charge in [0.05, 0.1) is 5.56 Å². The Kier molecular flexibility index (Phi) is 7.85. The molecule has 35 heavy (non-hydrogen) atoms. The Hall–Kier alpha value is -2.63. The van der Waals surface area contributed by atoms with Crippen LogP contribution in [0.15, 0.2) is 53.5 Å². The predicted molar refractivity (Wildman–Crippen MR) is 145 cm³/mol. The van der Waals surface area contributed by atoms with Gasteiger partial charge in [0, 0.05) is 22.2 Å². The van der Waals surface area contributed by atoms with E-state index in [9.17, 15) is 4.79 Å². The zero-order valence-corrected chi connectivity index (χ0v) is 21.5. The lowest BCUT2D eigenvalue weighted by Crippen LogP contribution is -2.36. The van der Waals surface area contributed by atoms with Crippen molar-refractivity contribution in [2.24, 2.45) is 4.99 Å². The van der Waals surface area contributed by atoms with Gasteiger partial charge in [-0.25, -0.2) is 4.99 Å². The third kappa shape index (κ3) is 6.14. The number of carbonyl (C=O) groups excluding carboxylic acids is 1. The summed E-state index contributed by atoms with van der Waals surface area (Å²) < 4.78 is 5.97. The first kappa shape index (κ1) is 24.1. The van der Waals surface area contributed by atoms with Crippen LogP contribution in [0.1, 0.15) is 76.9 Å². The summed E-state index contributed by atoms with van der Waals surface area (Å²) in [6.07, 6.45) is 12.0. The first-order chi connectivity index (χ1) is 17.2. The summed E-state index contributed by atoms with van der Waals surface area (Å²) in [5.74, 6) is 0.830. The molecular formula is C29H31ClN2O2S. The van der Waals surface area contributed by atoms with Crippen LogP contribution >= 0.6 is 22.9 Å². The lowest BCUT2D eigenvalue weighted by Gasteiger charge is -2.23. The van der Waals surface area contributed by atoms with E-state index in [-0.39, 0.29) is 5.91 Å². The average Bonchev–Trinajstić information content (AvgIpc) is 3.26.